The van der Waals surface area contributed by atoms with E-state index in [1.54, 1.807) is 0 Å². The second kappa shape index (κ2) is 8.67. The third kappa shape index (κ3) is 6.44. The molecule has 16 nitrogen and oxygen atoms in total. The van der Waals surface area contributed by atoms with E-state index in [-0.39, 0.29) is 0 Å². The van der Waals surface area contributed by atoms with E-state index in [9.17, 15) is 37.3 Å². The number of anilines is 1. The van der Waals surface area contributed by atoms with Crippen LogP contribution >= 0.6 is 23.5 Å². The summed E-state index contributed by atoms with van der Waals surface area (Å²) < 4.78 is 78.7. The van der Waals surface area contributed by atoms with E-state index in [4.69, 9.17) is 25.2 Å². The molecule has 0 aromatic carbocycles. The van der Waals surface area contributed by atoms with Gasteiger partial charge in [0.1, 0.15) is 12.2 Å². The minimum absolute atomic E-state index is 0.319. The monoisotopic (exact) mass is 517 g/mol. The fourth-order valence-electron chi connectivity index (χ4n) is 2.45. The molecule has 2 rings (SSSR count). The van der Waals surface area contributed by atoms with Gasteiger partial charge in [-0.05, 0) is 6.92 Å². The molecule has 6 atom stereocenters. The van der Waals surface area contributed by atoms with Crippen LogP contribution in [0.3, 0.4) is 0 Å². The van der Waals surface area contributed by atoms with E-state index < -0.39 is 71.5 Å². The molecule has 3 unspecified atom stereocenters. The second-order valence-corrected chi connectivity index (χ2v) is 10.6. The third-order valence-corrected chi connectivity index (χ3v) is 7.52. The van der Waals surface area contributed by atoms with Crippen molar-refractivity contribution in [1.29, 1.82) is 0 Å². The smallest absolute Gasteiger partial charge is 0.387 e. The van der Waals surface area contributed by atoms with E-state index in [0.29, 0.717) is 10.8 Å². The van der Waals surface area contributed by atoms with Crippen molar-refractivity contribution in [3.63, 3.8) is 0 Å². The molecule has 0 bridgehead atoms. The van der Waals surface area contributed by atoms with Crippen molar-refractivity contribution in [2.45, 2.75) is 31.0 Å². The van der Waals surface area contributed by atoms with E-state index in [0.717, 1.165) is 6.92 Å². The highest BCUT2D eigenvalue weighted by Gasteiger charge is 2.56. The van der Waals surface area contributed by atoms with Crippen molar-refractivity contribution in [3.05, 3.63) is 22.5 Å². The van der Waals surface area contributed by atoms with Crippen LogP contribution in [0.15, 0.2) is 11.0 Å². The molecule has 0 aliphatic carbocycles. The topological polar surface area (TPSA) is 250 Å². The fourth-order valence-corrected chi connectivity index (χ4v) is 5.48. The molecule has 1 aromatic heterocycles. The summed E-state index contributed by atoms with van der Waals surface area (Å²) >= 11 is 0. The number of ether oxygens (including phenoxy) is 1. The highest BCUT2D eigenvalue weighted by Crippen LogP contribution is 2.66. The van der Waals surface area contributed by atoms with Crippen LogP contribution in [0.4, 0.5) is 14.6 Å². The highest BCUT2D eigenvalue weighted by atomic mass is 31.3. The minimum Gasteiger partial charge on any atom is -0.387 e. The number of aromatic nitrogens is 2. The van der Waals surface area contributed by atoms with Crippen molar-refractivity contribution in [2.75, 3.05) is 12.3 Å². The number of nitrogen functional groups attached to an aromatic ring is 1. The summed E-state index contributed by atoms with van der Waals surface area (Å²) in [6.07, 6.45) is -5.54. The molecule has 2 heterocycles. The van der Waals surface area contributed by atoms with Crippen LogP contribution in [-0.4, -0.2) is 58.7 Å². The molecule has 1 aliphatic rings. The van der Waals surface area contributed by atoms with Gasteiger partial charge in [-0.15, -0.1) is 0 Å². The summed E-state index contributed by atoms with van der Waals surface area (Å²) in [5, 5.41) is 10.1. The Morgan fingerprint density at radius 1 is 1.26 bits per heavy atom. The van der Waals surface area contributed by atoms with Crippen molar-refractivity contribution in [3.8, 4) is 0 Å². The molecule has 21 heteroatoms. The van der Waals surface area contributed by atoms with Crippen LogP contribution in [0.25, 0.3) is 0 Å². The lowest BCUT2D eigenvalue weighted by atomic mass is 9.98. The van der Waals surface area contributed by atoms with E-state index in [2.05, 4.69) is 18.1 Å². The van der Waals surface area contributed by atoms with Crippen LogP contribution < -0.4 is 11.4 Å². The largest absolute Gasteiger partial charge is 0.490 e. The quantitative estimate of drug-likeness (QED) is 0.233. The Morgan fingerprint density at radius 2 is 1.84 bits per heavy atom. The van der Waals surface area contributed by atoms with Crippen LogP contribution in [0.5, 0.6) is 0 Å². The number of hydrogen-bond donors (Lipinski definition) is 6. The average molecular weight is 517 g/mol. The number of nitrogens with zero attached hydrogens (tertiary/aromatic N) is 2. The Morgan fingerprint density at radius 3 is 2.39 bits per heavy atom. The van der Waals surface area contributed by atoms with Gasteiger partial charge in [0.15, 0.2) is 23.5 Å². The van der Waals surface area contributed by atoms with Gasteiger partial charge in [-0.3, -0.25) is 9.09 Å². The molecule has 0 spiro atoms. The van der Waals surface area contributed by atoms with Gasteiger partial charge in [0, 0.05) is 0 Å². The number of nitrogens with two attached hydrogens (primary N) is 1. The summed E-state index contributed by atoms with van der Waals surface area (Å²) in [4.78, 5) is 50.3. The third-order valence-electron chi connectivity index (χ3n) is 3.72. The van der Waals surface area contributed by atoms with Crippen molar-refractivity contribution in [2.24, 2.45) is 0 Å². The number of aliphatic hydroxyl groups excluding tert-OH is 1. The van der Waals surface area contributed by atoms with Crippen molar-refractivity contribution >= 4 is 29.3 Å². The zero-order valence-corrected chi connectivity index (χ0v) is 17.8. The summed E-state index contributed by atoms with van der Waals surface area (Å²) in [6.45, 7) is -0.464. The van der Waals surface area contributed by atoms with E-state index in [1.807, 2.05) is 0 Å². The van der Waals surface area contributed by atoms with Crippen LogP contribution in [-0.2, 0) is 31.6 Å². The molecular formula is C10H16F2N3O13P3. The standard InChI is InChI=1S/C10H16F2N3O13P3/c1-10(12)6(16)5(26-8(10)15-2-4(11)7(13)14-9(15)17)3-25-30(21,22)28-31(23,24)27-29(18,19)20/h2,5-6,8,16H,3H2,1H3,(H,21,22)(H,23,24)(H2,13,14,17)(H2,18,19,20)/t5-,6+,8-,10?/m1/s1. The second-order valence-electron chi connectivity index (χ2n) is 6.17. The van der Waals surface area contributed by atoms with E-state index >= 15 is 0 Å². The maximum absolute atomic E-state index is 15.0. The Bertz CT molecular complexity index is 1040. The summed E-state index contributed by atoms with van der Waals surface area (Å²) in [7, 11) is -17.0. The maximum atomic E-state index is 15.0. The molecule has 1 fully saturated rings. The fraction of sp³-hybridized carbons (Fsp3) is 0.600. The predicted octanol–water partition coefficient (Wildman–Crippen LogP) is -0.706. The Kier molecular flexibility index (Phi) is 7.30. The van der Waals surface area contributed by atoms with Gasteiger partial charge in [0.05, 0.1) is 12.8 Å². The van der Waals surface area contributed by atoms with Gasteiger partial charge in [-0.2, -0.15) is 13.6 Å². The zero-order valence-electron chi connectivity index (χ0n) is 15.1. The van der Waals surface area contributed by atoms with Gasteiger partial charge in [-0.25, -0.2) is 27.3 Å². The lowest BCUT2D eigenvalue weighted by Crippen LogP contribution is -2.43. The first-order valence-electron chi connectivity index (χ1n) is 7.69. The Hall–Kier alpha value is -1.13. The molecule has 0 radical (unpaired) electrons. The van der Waals surface area contributed by atoms with E-state index in [1.165, 1.54) is 0 Å². The number of alkyl halides is 1. The Balaban J connectivity index is 2.16. The molecule has 7 N–H and O–H groups in total. The van der Waals surface area contributed by atoms with Crippen LogP contribution in [0.1, 0.15) is 13.2 Å². The number of phosphoric ester groups is 1. The number of hydrogen-bond acceptors (Lipinski definition) is 11. The minimum atomic E-state index is -5.80. The molecule has 0 saturated carbocycles. The van der Waals surface area contributed by atoms with Gasteiger partial charge in [0.2, 0.25) is 0 Å². The number of rotatable bonds is 8. The predicted molar refractivity (Wildman–Crippen MR) is 92.1 cm³/mol. The number of phosphoric acid groups is 3. The molecule has 31 heavy (non-hydrogen) atoms. The summed E-state index contributed by atoms with van der Waals surface area (Å²) in [5.74, 6) is -2.00. The van der Waals surface area contributed by atoms with Crippen LogP contribution in [0, 0.1) is 5.82 Å². The van der Waals surface area contributed by atoms with Gasteiger partial charge in [0.25, 0.3) is 0 Å². The normalized spacial score (nSPS) is 30.6. The molecule has 1 aliphatic heterocycles. The summed E-state index contributed by atoms with van der Waals surface area (Å²) in [6, 6.07) is 0. The number of aliphatic hydroxyl groups is 1. The first-order chi connectivity index (χ1) is 13.8. The zero-order chi connectivity index (χ0) is 24.0. The first kappa shape index (κ1) is 26.1. The lowest BCUT2D eigenvalue weighted by Gasteiger charge is -2.24. The average Bonchev–Trinajstić information content (AvgIpc) is 2.76. The highest BCUT2D eigenvalue weighted by molar-refractivity contribution is 7.66. The lowest BCUT2D eigenvalue weighted by molar-refractivity contribution is -0.0608. The number of halogens is 2. The maximum Gasteiger partial charge on any atom is 0.490 e. The summed E-state index contributed by atoms with van der Waals surface area (Å²) in [5.41, 5.74) is 1.05. The van der Waals surface area contributed by atoms with Crippen molar-refractivity contribution in [1.82, 2.24) is 9.55 Å². The van der Waals surface area contributed by atoms with Crippen molar-refractivity contribution < 1.29 is 65.0 Å². The Labute approximate surface area is 170 Å². The molecule has 0 amide bonds. The molecular weight excluding hydrogens is 501 g/mol. The molecule has 1 saturated heterocycles. The first-order valence-corrected chi connectivity index (χ1v) is 12.2. The van der Waals surface area contributed by atoms with Gasteiger partial charge >= 0.3 is 29.2 Å². The molecule has 178 valence electrons. The SMILES string of the molecule is CC1(F)[C@@H](O)[C@@H](COP(=O)(O)OP(=O)(O)OP(=O)(O)O)O[C@H]1n1cc(F)c(N)nc1=O. The van der Waals surface area contributed by atoms with Gasteiger partial charge < -0.3 is 35.2 Å². The molecule has 1 aromatic rings. The van der Waals surface area contributed by atoms with Gasteiger partial charge in [-0.1, -0.05) is 0 Å². The van der Waals surface area contributed by atoms with Crippen LogP contribution in [0.2, 0.25) is 0 Å².